The van der Waals surface area contributed by atoms with Crippen LogP contribution in [-0.4, -0.2) is 31.4 Å². The Labute approximate surface area is 191 Å². The number of hydrogen-bond acceptors (Lipinski definition) is 4. The van der Waals surface area contributed by atoms with E-state index in [9.17, 15) is 31.5 Å². The molecule has 2 aromatic carbocycles. The van der Waals surface area contributed by atoms with Gasteiger partial charge in [0, 0.05) is 5.69 Å². The van der Waals surface area contributed by atoms with E-state index < -0.39 is 27.5 Å². The van der Waals surface area contributed by atoms with Crippen LogP contribution in [0.15, 0.2) is 53.4 Å². The molecule has 0 radical (unpaired) electrons. The summed E-state index contributed by atoms with van der Waals surface area (Å²) in [6, 6.07) is 11.1. The van der Waals surface area contributed by atoms with Crippen molar-refractivity contribution in [1.29, 1.82) is 0 Å². The summed E-state index contributed by atoms with van der Waals surface area (Å²) >= 11 is 0. The first-order valence-corrected chi connectivity index (χ1v) is 12.6. The lowest BCUT2D eigenvalue weighted by molar-refractivity contribution is -0.272. The van der Waals surface area contributed by atoms with Gasteiger partial charge in [-0.3, -0.25) is 4.79 Å². The van der Waals surface area contributed by atoms with Crippen LogP contribution in [0, 0.1) is 5.92 Å². The Morgan fingerprint density at radius 3 is 2.12 bits per heavy atom. The molecule has 1 saturated carbocycles. The first kappa shape index (κ1) is 25.2. The second-order valence-electron chi connectivity index (χ2n) is 8.56. The Morgan fingerprint density at radius 1 is 1.03 bits per heavy atom. The van der Waals surface area contributed by atoms with E-state index in [0.717, 1.165) is 12.8 Å². The minimum absolute atomic E-state index is 0.0209. The van der Waals surface area contributed by atoms with Crippen LogP contribution in [0.25, 0.3) is 0 Å². The summed E-state index contributed by atoms with van der Waals surface area (Å²) in [6.45, 7) is 1.55. The van der Waals surface area contributed by atoms with Crippen LogP contribution >= 0.6 is 0 Å². The fraction of sp³-hybridized carbons (Fsp3) is 0.458. The normalized spacial score (nSPS) is 17.0. The molecule has 2 N–H and O–H groups in total. The minimum Gasteiger partial charge on any atom is -0.376 e. The van der Waals surface area contributed by atoms with Crippen molar-refractivity contribution in [2.24, 2.45) is 5.92 Å². The van der Waals surface area contributed by atoms with Gasteiger partial charge in [0.25, 0.3) is 0 Å². The number of sulfone groups is 1. The third-order valence-electron chi connectivity index (χ3n) is 6.20. The van der Waals surface area contributed by atoms with Crippen molar-refractivity contribution >= 4 is 21.4 Å². The van der Waals surface area contributed by atoms with Gasteiger partial charge in [-0.05, 0) is 47.7 Å². The molecule has 1 atom stereocenters. The van der Waals surface area contributed by atoms with E-state index in [4.69, 9.17) is 0 Å². The van der Waals surface area contributed by atoms with Gasteiger partial charge < -0.3 is 10.4 Å². The number of benzene rings is 2. The standard InChI is InChI=1S/C24H28F3NO4S/c1-2-33(31,32)21-13-7-17(8-14-21)15-22(29)28-20-11-9-19(10-12-20)23(30,24(25,26)27)16-18-5-3-4-6-18/h7-14,18,30H,2-6,15-16H2,1H3,(H,28,29). The number of carbonyl (C=O) groups excluding carboxylic acids is 1. The van der Waals surface area contributed by atoms with Crippen LogP contribution in [0.1, 0.15) is 50.2 Å². The zero-order valence-corrected chi connectivity index (χ0v) is 19.2. The molecule has 0 aliphatic heterocycles. The molecule has 5 nitrogen and oxygen atoms in total. The smallest absolute Gasteiger partial charge is 0.376 e. The average molecular weight is 484 g/mol. The highest BCUT2D eigenvalue weighted by Crippen LogP contribution is 2.46. The molecule has 0 bridgehead atoms. The summed E-state index contributed by atoms with van der Waals surface area (Å²) in [5, 5.41) is 13.2. The SMILES string of the molecule is CCS(=O)(=O)c1ccc(CC(=O)Nc2ccc(C(O)(CC3CCCC3)C(F)(F)F)cc2)cc1. The Morgan fingerprint density at radius 2 is 1.61 bits per heavy atom. The third-order valence-corrected chi connectivity index (χ3v) is 7.95. The molecular formula is C24H28F3NO4S. The lowest BCUT2D eigenvalue weighted by Gasteiger charge is -2.33. The zero-order valence-electron chi connectivity index (χ0n) is 18.4. The van der Waals surface area contributed by atoms with Crippen molar-refractivity contribution in [2.45, 2.75) is 62.1 Å². The molecule has 33 heavy (non-hydrogen) atoms. The van der Waals surface area contributed by atoms with Gasteiger partial charge in [-0.2, -0.15) is 13.2 Å². The van der Waals surface area contributed by atoms with Crippen LogP contribution in [0.5, 0.6) is 0 Å². The number of halogens is 3. The molecule has 1 aliphatic rings. The summed E-state index contributed by atoms with van der Waals surface area (Å²) < 4.78 is 65.0. The monoisotopic (exact) mass is 483 g/mol. The maximum Gasteiger partial charge on any atom is 0.421 e. The zero-order chi connectivity index (χ0) is 24.3. The second-order valence-corrected chi connectivity index (χ2v) is 10.8. The number of rotatable bonds is 8. The Balaban J connectivity index is 1.67. The number of nitrogens with one attached hydrogen (secondary N) is 1. The summed E-state index contributed by atoms with van der Waals surface area (Å²) in [6.07, 6.45) is -2.09. The fourth-order valence-corrected chi connectivity index (χ4v) is 5.11. The van der Waals surface area contributed by atoms with Crippen molar-refractivity contribution in [3.8, 4) is 0 Å². The van der Waals surface area contributed by atoms with Gasteiger partial charge in [0.2, 0.25) is 5.91 Å². The molecule has 180 valence electrons. The predicted octanol–water partition coefficient (Wildman–Crippen LogP) is 4.99. The maximum absolute atomic E-state index is 13.8. The Bertz CT molecular complexity index is 1060. The molecule has 0 aromatic heterocycles. The van der Waals surface area contributed by atoms with E-state index in [1.54, 1.807) is 19.1 Å². The van der Waals surface area contributed by atoms with Gasteiger partial charge in [0.1, 0.15) is 0 Å². The van der Waals surface area contributed by atoms with Crippen molar-refractivity contribution in [3.63, 3.8) is 0 Å². The quantitative estimate of drug-likeness (QED) is 0.554. The Kier molecular flexibility index (Phi) is 7.53. The molecule has 0 saturated heterocycles. The molecule has 3 rings (SSSR count). The summed E-state index contributed by atoms with van der Waals surface area (Å²) in [5.74, 6) is -0.590. The summed E-state index contributed by atoms with van der Waals surface area (Å²) in [4.78, 5) is 12.5. The van der Waals surface area contributed by atoms with E-state index in [-0.39, 0.29) is 35.0 Å². The largest absolute Gasteiger partial charge is 0.421 e. The number of alkyl halides is 3. The number of aliphatic hydroxyl groups is 1. The van der Waals surface area contributed by atoms with E-state index in [2.05, 4.69) is 5.32 Å². The first-order valence-electron chi connectivity index (χ1n) is 11.0. The summed E-state index contributed by atoms with van der Waals surface area (Å²) in [5.41, 5.74) is -2.26. The number of amides is 1. The van der Waals surface area contributed by atoms with E-state index in [1.807, 2.05) is 0 Å². The molecule has 2 aromatic rings. The molecular weight excluding hydrogens is 455 g/mol. The number of carbonyl (C=O) groups is 1. The predicted molar refractivity (Wildman–Crippen MR) is 119 cm³/mol. The van der Waals surface area contributed by atoms with Gasteiger partial charge in [0.15, 0.2) is 15.4 Å². The van der Waals surface area contributed by atoms with Gasteiger partial charge in [-0.15, -0.1) is 0 Å². The Hall–Kier alpha value is -2.39. The molecule has 1 amide bonds. The molecule has 9 heteroatoms. The van der Waals surface area contributed by atoms with Crippen LogP contribution in [-0.2, 0) is 26.7 Å². The van der Waals surface area contributed by atoms with Crippen LogP contribution in [0.3, 0.4) is 0 Å². The number of hydrogen-bond donors (Lipinski definition) is 2. The van der Waals surface area contributed by atoms with Crippen molar-refractivity contribution in [1.82, 2.24) is 0 Å². The lowest BCUT2D eigenvalue weighted by Crippen LogP contribution is -2.43. The topological polar surface area (TPSA) is 83.5 Å². The van der Waals surface area contributed by atoms with Gasteiger partial charge in [-0.25, -0.2) is 8.42 Å². The van der Waals surface area contributed by atoms with Crippen molar-refractivity contribution in [3.05, 3.63) is 59.7 Å². The maximum atomic E-state index is 13.8. The highest BCUT2D eigenvalue weighted by Gasteiger charge is 2.55. The molecule has 1 fully saturated rings. The first-order chi connectivity index (χ1) is 15.4. The van der Waals surface area contributed by atoms with E-state index >= 15 is 0 Å². The van der Waals surface area contributed by atoms with Crippen LogP contribution < -0.4 is 5.32 Å². The average Bonchev–Trinajstić information content (AvgIpc) is 3.26. The van der Waals surface area contributed by atoms with E-state index in [0.29, 0.717) is 24.1 Å². The van der Waals surface area contributed by atoms with Crippen LogP contribution in [0.4, 0.5) is 18.9 Å². The lowest BCUT2D eigenvalue weighted by atomic mass is 9.83. The minimum atomic E-state index is -4.81. The fourth-order valence-electron chi connectivity index (χ4n) is 4.23. The summed E-state index contributed by atoms with van der Waals surface area (Å²) in [7, 11) is -3.33. The van der Waals surface area contributed by atoms with Gasteiger partial charge in [-0.1, -0.05) is 56.9 Å². The van der Waals surface area contributed by atoms with Crippen molar-refractivity contribution < 1.29 is 31.5 Å². The number of anilines is 1. The molecule has 0 heterocycles. The third kappa shape index (κ3) is 5.95. The highest BCUT2D eigenvalue weighted by molar-refractivity contribution is 7.91. The van der Waals surface area contributed by atoms with Gasteiger partial charge >= 0.3 is 6.18 Å². The van der Waals surface area contributed by atoms with E-state index in [1.165, 1.54) is 36.4 Å². The highest BCUT2D eigenvalue weighted by atomic mass is 32.2. The van der Waals surface area contributed by atoms with Crippen molar-refractivity contribution in [2.75, 3.05) is 11.1 Å². The second kappa shape index (κ2) is 9.85. The van der Waals surface area contributed by atoms with Crippen LogP contribution in [0.2, 0.25) is 0 Å². The molecule has 1 unspecified atom stereocenters. The molecule has 0 spiro atoms. The van der Waals surface area contributed by atoms with Gasteiger partial charge in [0.05, 0.1) is 17.1 Å². The molecule has 1 aliphatic carbocycles.